The van der Waals surface area contributed by atoms with Crippen LogP contribution in [0.4, 0.5) is 5.82 Å². The molecule has 0 bridgehead atoms. The van der Waals surface area contributed by atoms with Crippen LogP contribution in [0.3, 0.4) is 0 Å². The summed E-state index contributed by atoms with van der Waals surface area (Å²) in [6.45, 7) is 2.36. The van der Waals surface area contributed by atoms with Crippen molar-refractivity contribution in [3.05, 3.63) is 40.7 Å². The molecule has 106 valence electrons. The van der Waals surface area contributed by atoms with Crippen molar-refractivity contribution in [1.29, 1.82) is 0 Å². The van der Waals surface area contributed by atoms with E-state index in [-0.39, 0.29) is 19.9 Å². The molecule has 20 heavy (non-hydrogen) atoms. The van der Waals surface area contributed by atoms with Gasteiger partial charge in [-0.25, -0.2) is 4.98 Å². The van der Waals surface area contributed by atoms with Gasteiger partial charge in [-0.1, -0.05) is 30.3 Å². The van der Waals surface area contributed by atoms with Gasteiger partial charge in [0, 0.05) is 5.56 Å². The molecule has 0 fully saturated rings. The molecular weight excluding hydrogens is 274 g/mol. The van der Waals surface area contributed by atoms with Gasteiger partial charge in [0.1, 0.15) is 12.5 Å². The highest BCUT2D eigenvalue weighted by molar-refractivity contribution is 7.71. The molecule has 0 aliphatic carbocycles. The molecule has 1 aromatic carbocycles. The minimum atomic E-state index is -0.0324. The Labute approximate surface area is 122 Å². The molecule has 0 atom stereocenters. The molecule has 0 saturated heterocycles. The molecule has 0 saturated carbocycles. The van der Waals surface area contributed by atoms with Gasteiger partial charge in [0.25, 0.3) is 0 Å². The molecule has 2 aromatic rings. The van der Waals surface area contributed by atoms with E-state index in [1.165, 1.54) is 0 Å². The van der Waals surface area contributed by atoms with Crippen LogP contribution in [0, 0.1) is 11.7 Å². The van der Waals surface area contributed by atoms with Crippen molar-refractivity contribution < 1.29 is 9.84 Å². The highest BCUT2D eigenvalue weighted by Gasteiger charge is 2.12. The van der Waals surface area contributed by atoms with Crippen LogP contribution < -0.4 is 5.73 Å². The summed E-state index contributed by atoms with van der Waals surface area (Å²) in [7, 11) is 0. The fourth-order valence-corrected chi connectivity index (χ4v) is 2.22. The van der Waals surface area contributed by atoms with Crippen LogP contribution in [-0.4, -0.2) is 27.9 Å². The van der Waals surface area contributed by atoms with E-state index in [9.17, 15) is 0 Å². The Morgan fingerprint density at radius 3 is 2.70 bits per heavy atom. The van der Waals surface area contributed by atoms with E-state index in [0.717, 1.165) is 16.8 Å². The summed E-state index contributed by atoms with van der Waals surface area (Å²) in [5, 5.41) is 8.80. The standard InChI is InChI=1S/C14H17N3O2S/c1-10-12(11-5-3-2-4-6-11)17(9-19-8-7-18)14(20)16-13(10)15/h2-6,18H,7-9H2,1H3,(H2,15,16,20). The van der Waals surface area contributed by atoms with E-state index in [2.05, 4.69) is 4.98 Å². The van der Waals surface area contributed by atoms with Crippen molar-refractivity contribution >= 4 is 18.0 Å². The van der Waals surface area contributed by atoms with Crippen molar-refractivity contribution in [3.63, 3.8) is 0 Å². The Bertz CT molecular complexity index is 641. The second-order valence-electron chi connectivity index (χ2n) is 4.31. The molecule has 6 heteroatoms. The van der Waals surface area contributed by atoms with E-state index in [4.69, 9.17) is 27.8 Å². The quantitative estimate of drug-likeness (QED) is 0.652. The summed E-state index contributed by atoms with van der Waals surface area (Å²) in [5.41, 5.74) is 8.66. The number of aromatic nitrogens is 2. The van der Waals surface area contributed by atoms with Crippen LogP contribution >= 0.6 is 12.2 Å². The van der Waals surface area contributed by atoms with Gasteiger partial charge in [-0.15, -0.1) is 0 Å². The van der Waals surface area contributed by atoms with Gasteiger partial charge < -0.3 is 15.6 Å². The molecule has 0 amide bonds. The lowest BCUT2D eigenvalue weighted by Crippen LogP contribution is -2.14. The van der Waals surface area contributed by atoms with Crippen LogP contribution in [0.1, 0.15) is 5.56 Å². The molecule has 5 nitrogen and oxygen atoms in total. The van der Waals surface area contributed by atoms with Gasteiger partial charge in [-0.2, -0.15) is 0 Å². The van der Waals surface area contributed by atoms with Crippen molar-refractivity contribution in [2.75, 3.05) is 18.9 Å². The van der Waals surface area contributed by atoms with E-state index in [1.807, 2.05) is 37.3 Å². The zero-order chi connectivity index (χ0) is 14.5. The third kappa shape index (κ3) is 3.04. The van der Waals surface area contributed by atoms with Gasteiger partial charge in [0.2, 0.25) is 4.77 Å². The molecule has 2 rings (SSSR count). The van der Waals surface area contributed by atoms with Gasteiger partial charge in [0.05, 0.1) is 18.9 Å². The summed E-state index contributed by atoms with van der Waals surface area (Å²) in [6, 6.07) is 9.82. The Morgan fingerprint density at radius 2 is 2.05 bits per heavy atom. The second-order valence-corrected chi connectivity index (χ2v) is 4.67. The zero-order valence-electron chi connectivity index (χ0n) is 11.2. The Hall–Kier alpha value is -1.76. The highest BCUT2D eigenvalue weighted by atomic mass is 32.1. The number of ether oxygens (including phenoxy) is 1. The number of aliphatic hydroxyl groups excluding tert-OH is 1. The Morgan fingerprint density at radius 1 is 1.35 bits per heavy atom. The van der Waals surface area contributed by atoms with Crippen LogP contribution in [0.15, 0.2) is 30.3 Å². The molecular formula is C14H17N3O2S. The van der Waals surface area contributed by atoms with Crippen molar-refractivity contribution in [3.8, 4) is 11.3 Å². The van der Waals surface area contributed by atoms with Crippen LogP contribution in [0.2, 0.25) is 0 Å². The molecule has 0 radical (unpaired) electrons. The number of hydrogen-bond donors (Lipinski definition) is 2. The van der Waals surface area contributed by atoms with E-state index in [0.29, 0.717) is 10.6 Å². The Kier molecular flexibility index (Phi) is 4.84. The number of benzene rings is 1. The normalized spacial score (nSPS) is 10.7. The molecule has 0 spiro atoms. The maximum atomic E-state index is 8.80. The minimum Gasteiger partial charge on any atom is -0.394 e. The fourth-order valence-electron chi connectivity index (χ4n) is 1.98. The lowest BCUT2D eigenvalue weighted by atomic mass is 10.1. The zero-order valence-corrected chi connectivity index (χ0v) is 12.1. The molecule has 1 heterocycles. The third-order valence-electron chi connectivity index (χ3n) is 2.96. The first-order valence-corrected chi connectivity index (χ1v) is 6.67. The topological polar surface area (TPSA) is 73.3 Å². The first kappa shape index (κ1) is 14.6. The number of anilines is 1. The van der Waals surface area contributed by atoms with Crippen LogP contribution in [0.25, 0.3) is 11.3 Å². The van der Waals surface area contributed by atoms with Gasteiger partial charge in [-0.3, -0.25) is 4.57 Å². The SMILES string of the molecule is Cc1c(N)nc(=S)n(COCCO)c1-c1ccccc1. The molecule has 0 unspecified atom stereocenters. The predicted molar refractivity (Wildman–Crippen MR) is 80.7 cm³/mol. The summed E-state index contributed by atoms with van der Waals surface area (Å²) >= 11 is 5.27. The van der Waals surface area contributed by atoms with E-state index >= 15 is 0 Å². The number of nitrogens with zero attached hydrogens (tertiary/aromatic N) is 2. The van der Waals surface area contributed by atoms with Crippen molar-refractivity contribution in [1.82, 2.24) is 9.55 Å². The molecule has 0 aliphatic heterocycles. The first-order chi connectivity index (χ1) is 9.65. The summed E-state index contributed by atoms with van der Waals surface area (Å²) < 4.78 is 7.52. The van der Waals surface area contributed by atoms with E-state index in [1.54, 1.807) is 4.57 Å². The van der Waals surface area contributed by atoms with Gasteiger partial charge in [-0.05, 0) is 24.7 Å². The number of hydrogen-bond acceptors (Lipinski definition) is 5. The van der Waals surface area contributed by atoms with Gasteiger partial charge in [0.15, 0.2) is 0 Å². The largest absolute Gasteiger partial charge is 0.394 e. The average Bonchev–Trinajstić information content (AvgIpc) is 2.45. The van der Waals surface area contributed by atoms with Crippen LogP contribution in [0.5, 0.6) is 0 Å². The second kappa shape index (κ2) is 6.60. The average molecular weight is 291 g/mol. The van der Waals surface area contributed by atoms with Gasteiger partial charge >= 0.3 is 0 Å². The number of nitrogens with two attached hydrogens (primary N) is 1. The molecule has 3 N–H and O–H groups in total. The lowest BCUT2D eigenvalue weighted by molar-refractivity contribution is 0.0475. The summed E-state index contributed by atoms with van der Waals surface area (Å²) in [4.78, 5) is 4.15. The van der Waals surface area contributed by atoms with Crippen LogP contribution in [-0.2, 0) is 11.5 Å². The first-order valence-electron chi connectivity index (χ1n) is 6.26. The maximum Gasteiger partial charge on any atom is 0.203 e. The fraction of sp³-hybridized carbons (Fsp3) is 0.286. The third-order valence-corrected chi connectivity index (χ3v) is 3.27. The maximum absolute atomic E-state index is 8.80. The predicted octanol–water partition coefficient (Wildman–Crippen LogP) is 2.14. The molecule has 0 aliphatic rings. The van der Waals surface area contributed by atoms with E-state index < -0.39 is 0 Å². The number of nitrogen functional groups attached to an aromatic ring is 1. The monoisotopic (exact) mass is 291 g/mol. The highest BCUT2D eigenvalue weighted by Crippen LogP contribution is 2.26. The Balaban J connectivity index is 2.54. The smallest absolute Gasteiger partial charge is 0.203 e. The van der Waals surface area contributed by atoms with Crippen molar-refractivity contribution in [2.24, 2.45) is 0 Å². The van der Waals surface area contributed by atoms with Crippen molar-refractivity contribution in [2.45, 2.75) is 13.7 Å². The lowest BCUT2D eigenvalue weighted by Gasteiger charge is -2.17. The number of aliphatic hydroxyl groups is 1. The summed E-state index contributed by atoms with van der Waals surface area (Å²) in [5.74, 6) is 0.423. The summed E-state index contributed by atoms with van der Waals surface area (Å²) in [6.07, 6.45) is 0. The molecule has 1 aromatic heterocycles. The number of rotatable bonds is 5. The minimum absolute atomic E-state index is 0.0324.